The van der Waals surface area contributed by atoms with Crippen molar-refractivity contribution in [1.29, 1.82) is 0 Å². The molecule has 0 rings (SSSR count). The minimum atomic E-state index is -0.892. The fourth-order valence-corrected chi connectivity index (χ4v) is 0.839. The quantitative estimate of drug-likeness (QED) is 0.434. The van der Waals surface area contributed by atoms with Crippen molar-refractivity contribution in [1.82, 2.24) is 4.90 Å². The summed E-state index contributed by atoms with van der Waals surface area (Å²) in [4.78, 5) is 33.7. The lowest BCUT2D eigenvalue weighted by Crippen LogP contribution is -2.41. The van der Waals surface area contributed by atoms with E-state index in [4.69, 9.17) is 5.73 Å². The first-order valence-corrected chi connectivity index (χ1v) is 4.96. The van der Waals surface area contributed by atoms with Crippen LogP contribution in [-0.4, -0.2) is 42.8 Å². The summed E-state index contributed by atoms with van der Waals surface area (Å²) in [5, 5.41) is 0. The molecule has 17 heavy (non-hydrogen) atoms. The molecule has 3 amide bonds. The molecule has 0 bridgehead atoms. The fourth-order valence-electron chi connectivity index (χ4n) is 0.839. The molecular formula is C10H16N2O5. The summed E-state index contributed by atoms with van der Waals surface area (Å²) in [5.74, 6) is -0.566. The van der Waals surface area contributed by atoms with Crippen molar-refractivity contribution in [3.8, 4) is 0 Å². The third-order valence-electron chi connectivity index (χ3n) is 1.69. The van der Waals surface area contributed by atoms with Crippen LogP contribution in [0.2, 0.25) is 0 Å². The molecule has 0 aliphatic carbocycles. The number of nitrogens with two attached hydrogens (primary N) is 1. The number of rotatable bonds is 5. The van der Waals surface area contributed by atoms with E-state index in [-0.39, 0.29) is 25.3 Å². The zero-order valence-electron chi connectivity index (χ0n) is 9.89. The summed E-state index contributed by atoms with van der Waals surface area (Å²) in [5.41, 5.74) is 5.18. The van der Waals surface area contributed by atoms with Crippen LogP contribution in [0.4, 0.5) is 9.59 Å². The maximum absolute atomic E-state index is 11.2. The largest absolute Gasteiger partial charge is 0.459 e. The summed E-state index contributed by atoms with van der Waals surface area (Å²) in [6.07, 6.45) is -0.869. The number of carbonyl (C=O) groups excluding carboxylic acids is 3. The second-order valence-electron chi connectivity index (χ2n) is 3.11. The summed E-state index contributed by atoms with van der Waals surface area (Å²) >= 11 is 0. The number of hydrogen-bond acceptors (Lipinski definition) is 5. The third-order valence-corrected chi connectivity index (χ3v) is 1.69. The Morgan fingerprint density at radius 1 is 1.24 bits per heavy atom. The van der Waals surface area contributed by atoms with Crippen LogP contribution in [0, 0.1) is 0 Å². The van der Waals surface area contributed by atoms with Gasteiger partial charge in [-0.2, -0.15) is 0 Å². The van der Waals surface area contributed by atoms with E-state index in [1.54, 1.807) is 6.92 Å². The number of amides is 3. The minimum absolute atomic E-state index is 0.103. The zero-order chi connectivity index (χ0) is 13.4. The standard InChI is InChI=1S/C10H16N2O5/c1-4-12(9(11)14)10(15)17-6-5-16-8(13)7(2)3/h2,4-6H2,1,3H3,(H2,11,14). The zero-order valence-corrected chi connectivity index (χ0v) is 9.89. The highest BCUT2D eigenvalue weighted by atomic mass is 16.6. The van der Waals surface area contributed by atoms with Crippen LogP contribution in [0.25, 0.3) is 0 Å². The SMILES string of the molecule is C=C(C)C(=O)OCCOC(=O)N(CC)C(N)=O. The van der Waals surface area contributed by atoms with Crippen molar-refractivity contribution < 1.29 is 23.9 Å². The maximum Gasteiger partial charge on any atom is 0.418 e. The van der Waals surface area contributed by atoms with Crippen molar-refractivity contribution in [2.45, 2.75) is 13.8 Å². The van der Waals surface area contributed by atoms with Crippen LogP contribution in [0.5, 0.6) is 0 Å². The second kappa shape index (κ2) is 7.26. The molecule has 0 spiro atoms. The predicted octanol–water partition coefficient (Wildman–Crippen LogP) is 0.643. The van der Waals surface area contributed by atoms with Gasteiger partial charge in [-0.3, -0.25) is 0 Å². The molecule has 0 saturated carbocycles. The first-order chi connectivity index (χ1) is 7.90. The van der Waals surface area contributed by atoms with Crippen LogP contribution in [0.3, 0.4) is 0 Å². The first kappa shape index (κ1) is 14.9. The molecule has 0 aromatic carbocycles. The van der Waals surface area contributed by atoms with Gasteiger partial charge in [0.2, 0.25) is 0 Å². The fraction of sp³-hybridized carbons (Fsp3) is 0.500. The Morgan fingerprint density at radius 3 is 2.18 bits per heavy atom. The van der Waals surface area contributed by atoms with E-state index in [9.17, 15) is 14.4 Å². The highest BCUT2D eigenvalue weighted by molar-refractivity contribution is 5.89. The molecule has 7 heteroatoms. The number of esters is 1. The van der Waals surface area contributed by atoms with Gasteiger partial charge < -0.3 is 15.2 Å². The summed E-state index contributed by atoms with van der Waals surface area (Å²) in [6.45, 7) is 6.31. The van der Waals surface area contributed by atoms with Gasteiger partial charge in [-0.25, -0.2) is 19.3 Å². The number of carbonyl (C=O) groups is 3. The van der Waals surface area contributed by atoms with Crippen LogP contribution in [0.1, 0.15) is 13.8 Å². The monoisotopic (exact) mass is 244 g/mol. The smallest absolute Gasteiger partial charge is 0.418 e. The van der Waals surface area contributed by atoms with Gasteiger partial charge in [-0.05, 0) is 13.8 Å². The average Bonchev–Trinajstić information content (AvgIpc) is 2.24. The van der Waals surface area contributed by atoms with Crippen molar-refractivity contribution in [2.75, 3.05) is 19.8 Å². The molecule has 0 atom stereocenters. The van der Waals surface area contributed by atoms with E-state index in [2.05, 4.69) is 16.1 Å². The Kier molecular flexibility index (Phi) is 6.39. The van der Waals surface area contributed by atoms with Crippen molar-refractivity contribution in [2.24, 2.45) is 5.73 Å². The van der Waals surface area contributed by atoms with Crippen LogP contribution in [-0.2, 0) is 14.3 Å². The number of hydrogen-bond donors (Lipinski definition) is 1. The molecule has 0 heterocycles. The van der Waals surface area contributed by atoms with Crippen molar-refractivity contribution >= 4 is 18.1 Å². The van der Waals surface area contributed by atoms with Crippen molar-refractivity contribution in [3.63, 3.8) is 0 Å². The number of nitrogens with zero attached hydrogens (tertiary/aromatic N) is 1. The number of primary amides is 1. The van der Waals surface area contributed by atoms with E-state index < -0.39 is 18.1 Å². The van der Waals surface area contributed by atoms with Gasteiger partial charge in [0.05, 0.1) is 0 Å². The molecule has 0 aliphatic rings. The Morgan fingerprint density at radius 2 is 1.76 bits per heavy atom. The van der Waals surface area contributed by atoms with Crippen LogP contribution >= 0.6 is 0 Å². The number of ether oxygens (including phenoxy) is 2. The molecule has 0 aromatic heterocycles. The Hall–Kier alpha value is -2.05. The molecule has 0 aliphatic heterocycles. The molecular weight excluding hydrogens is 228 g/mol. The molecule has 7 nitrogen and oxygen atoms in total. The minimum Gasteiger partial charge on any atom is -0.459 e. The molecule has 96 valence electrons. The van der Waals surface area contributed by atoms with Crippen LogP contribution in [0.15, 0.2) is 12.2 Å². The van der Waals surface area contributed by atoms with E-state index in [1.807, 2.05) is 0 Å². The van der Waals surface area contributed by atoms with Crippen LogP contribution < -0.4 is 5.73 Å². The number of urea groups is 1. The Labute approximate surface area is 99.1 Å². The Balaban J connectivity index is 3.89. The molecule has 0 unspecified atom stereocenters. The summed E-state index contributed by atoms with van der Waals surface area (Å²) in [6, 6.07) is -0.892. The molecule has 0 fully saturated rings. The van der Waals surface area contributed by atoms with Gasteiger partial charge in [-0.1, -0.05) is 6.58 Å². The van der Waals surface area contributed by atoms with Gasteiger partial charge in [0.1, 0.15) is 13.2 Å². The maximum atomic E-state index is 11.2. The molecule has 2 N–H and O–H groups in total. The van der Waals surface area contributed by atoms with E-state index >= 15 is 0 Å². The number of imide groups is 1. The van der Waals surface area contributed by atoms with Gasteiger partial charge in [0.15, 0.2) is 0 Å². The van der Waals surface area contributed by atoms with Crippen molar-refractivity contribution in [3.05, 3.63) is 12.2 Å². The average molecular weight is 244 g/mol. The third kappa shape index (κ3) is 5.55. The molecule has 0 saturated heterocycles. The lowest BCUT2D eigenvalue weighted by molar-refractivity contribution is -0.140. The normalized spacial score (nSPS) is 9.29. The molecule has 0 radical (unpaired) electrons. The van der Waals surface area contributed by atoms with E-state index in [1.165, 1.54) is 6.92 Å². The predicted molar refractivity (Wildman–Crippen MR) is 59.1 cm³/mol. The van der Waals surface area contributed by atoms with Gasteiger partial charge in [-0.15, -0.1) is 0 Å². The van der Waals surface area contributed by atoms with Gasteiger partial charge in [0.25, 0.3) is 0 Å². The first-order valence-electron chi connectivity index (χ1n) is 4.96. The highest BCUT2D eigenvalue weighted by Crippen LogP contribution is 1.95. The van der Waals surface area contributed by atoms with E-state index in [0.717, 1.165) is 4.90 Å². The Bertz CT molecular complexity index is 327. The van der Waals surface area contributed by atoms with Gasteiger partial charge >= 0.3 is 18.1 Å². The highest BCUT2D eigenvalue weighted by Gasteiger charge is 2.17. The second-order valence-corrected chi connectivity index (χ2v) is 3.11. The summed E-state index contributed by atoms with van der Waals surface area (Å²) in [7, 11) is 0. The summed E-state index contributed by atoms with van der Waals surface area (Å²) < 4.78 is 9.34. The lowest BCUT2D eigenvalue weighted by Gasteiger charge is -2.15. The lowest BCUT2D eigenvalue weighted by atomic mass is 10.4. The molecule has 0 aromatic rings. The topological polar surface area (TPSA) is 98.9 Å². The van der Waals surface area contributed by atoms with E-state index in [0.29, 0.717) is 0 Å². The van der Waals surface area contributed by atoms with Gasteiger partial charge in [0, 0.05) is 12.1 Å².